The lowest BCUT2D eigenvalue weighted by Gasteiger charge is -2.25. The van der Waals surface area contributed by atoms with Crippen molar-refractivity contribution in [3.8, 4) is 11.1 Å². The molecule has 0 amide bonds. The summed E-state index contributed by atoms with van der Waals surface area (Å²) in [6.45, 7) is 8.57. The fraction of sp³-hybridized carbons (Fsp3) is 0.111. The van der Waals surface area contributed by atoms with Crippen molar-refractivity contribution in [1.29, 1.82) is 0 Å². The van der Waals surface area contributed by atoms with Gasteiger partial charge in [-0.3, -0.25) is 0 Å². The van der Waals surface area contributed by atoms with Crippen molar-refractivity contribution in [2.45, 2.75) is 25.7 Å². The third kappa shape index (κ3) is 3.38. The van der Waals surface area contributed by atoms with Crippen molar-refractivity contribution < 1.29 is 4.42 Å². The topological polar surface area (TPSA) is 13.1 Å². The molecule has 2 aliphatic carbocycles. The first kappa shape index (κ1) is 21.9. The number of para-hydroxylation sites is 1. The number of fused-ring (bicyclic) bond motifs is 4. The van der Waals surface area contributed by atoms with E-state index < -0.39 is 0 Å². The minimum atomic E-state index is 0.910. The number of hydrogen-bond acceptors (Lipinski definition) is 1. The highest BCUT2D eigenvalue weighted by molar-refractivity contribution is 6.12. The molecule has 1 heteroatoms. The highest BCUT2D eigenvalue weighted by atomic mass is 16.3. The van der Waals surface area contributed by atoms with E-state index in [1.165, 1.54) is 49.7 Å². The highest BCUT2D eigenvalue weighted by Gasteiger charge is 2.23. The lowest BCUT2D eigenvalue weighted by atomic mass is 9.78. The van der Waals surface area contributed by atoms with Crippen LogP contribution in [0.1, 0.15) is 42.4 Å². The zero-order chi connectivity index (χ0) is 24.9. The predicted molar refractivity (Wildman–Crippen MR) is 159 cm³/mol. The van der Waals surface area contributed by atoms with Crippen LogP contribution in [0.4, 0.5) is 0 Å². The van der Waals surface area contributed by atoms with Crippen LogP contribution in [0.25, 0.3) is 61.6 Å². The average Bonchev–Trinajstić information content (AvgIpc) is 3.33. The normalized spacial score (nSPS) is 15.3. The van der Waals surface area contributed by atoms with Crippen molar-refractivity contribution in [3.05, 3.63) is 126 Å². The Morgan fingerprint density at radius 3 is 2.16 bits per heavy atom. The summed E-state index contributed by atoms with van der Waals surface area (Å²) in [5, 5.41) is 4.80. The van der Waals surface area contributed by atoms with Crippen LogP contribution in [0, 0.1) is 0 Å². The highest BCUT2D eigenvalue weighted by Crippen LogP contribution is 2.45. The first-order valence-electron chi connectivity index (χ1n) is 13.1. The van der Waals surface area contributed by atoms with Crippen molar-refractivity contribution in [1.82, 2.24) is 0 Å². The maximum absolute atomic E-state index is 6.12. The zero-order valence-electron chi connectivity index (χ0n) is 20.9. The summed E-state index contributed by atoms with van der Waals surface area (Å²) in [6.07, 6.45) is 15.5. The second-order valence-electron chi connectivity index (χ2n) is 10.0. The van der Waals surface area contributed by atoms with E-state index >= 15 is 0 Å². The molecule has 0 bridgehead atoms. The molecule has 0 saturated heterocycles. The Morgan fingerprint density at radius 1 is 0.649 bits per heavy atom. The summed E-state index contributed by atoms with van der Waals surface area (Å²) in [7, 11) is 0. The number of allylic oxidation sites excluding steroid dienone is 6. The number of furan rings is 1. The Hall–Kier alpha value is -4.36. The van der Waals surface area contributed by atoms with E-state index in [9.17, 15) is 0 Å². The van der Waals surface area contributed by atoms with E-state index in [1.54, 1.807) is 0 Å². The molecule has 1 aromatic heterocycles. The standard InChI is InChI=1S/C36H28O/c1-3-27-28(4-2)36(26-19-20-34-32(22-26)29-13-9-10-16-33(29)37-34)31-15-8-7-14-30(31)35(27)25-18-17-23-11-5-6-12-24(23)21-25/h3-5,7-11,13-16,19-22H,1-2,6,12,17-18H2. The molecule has 1 nitrogen and oxygen atoms in total. The summed E-state index contributed by atoms with van der Waals surface area (Å²) in [4.78, 5) is 0. The van der Waals surface area contributed by atoms with Gasteiger partial charge in [-0.05, 0) is 99.2 Å². The van der Waals surface area contributed by atoms with Crippen LogP contribution < -0.4 is 0 Å². The maximum Gasteiger partial charge on any atom is 0.135 e. The molecule has 7 rings (SSSR count). The Labute approximate surface area is 217 Å². The van der Waals surface area contributed by atoms with Gasteiger partial charge in [0.05, 0.1) is 0 Å². The predicted octanol–water partition coefficient (Wildman–Crippen LogP) is 10.5. The quantitative estimate of drug-likeness (QED) is 0.251. The van der Waals surface area contributed by atoms with Gasteiger partial charge >= 0.3 is 0 Å². The first-order chi connectivity index (χ1) is 18.3. The van der Waals surface area contributed by atoms with Gasteiger partial charge in [-0.15, -0.1) is 0 Å². The molecule has 0 spiro atoms. The minimum absolute atomic E-state index is 0.910. The van der Waals surface area contributed by atoms with Crippen LogP contribution in [-0.2, 0) is 0 Å². The molecule has 2 aliphatic rings. The molecule has 0 N–H and O–H groups in total. The van der Waals surface area contributed by atoms with E-state index in [4.69, 9.17) is 4.42 Å². The molecule has 5 aromatic rings. The van der Waals surface area contributed by atoms with E-state index in [2.05, 4.69) is 86.0 Å². The van der Waals surface area contributed by atoms with Gasteiger partial charge in [-0.2, -0.15) is 0 Å². The SMILES string of the molecule is C=Cc1c(C=C)c(-c2ccc3oc4ccccc4c3c2)c2ccccc2c1C1=CC2=C(C=CCC2)CC1. The molecule has 0 unspecified atom stereocenters. The Bertz CT molecular complexity index is 1850. The molecular formula is C36H28O. The van der Waals surface area contributed by atoms with E-state index in [0.29, 0.717) is 0 Å². The molecule has 0 radical (unpaired) electrons. The molecule has 37 heavy (non-hydrogen) atoms. The molecule has 178 valence electrons. The van der Waals surface area contributed by atoms with Crippen molar-refractivity contribution in [3.63, 3.8) is 0 Å². The fourth-order valence-corrected chi connectivity index (χ4v) is 6.33. The summed E-state index contributed by atoms with van der Waals surface area (Å²) >= 11 is 0. The first-order valence-corrected chi connectivity index (χ1v) is 13.1. The van der Waals surface area contributed by atoms with Crippen molar-refractivity contribution >= 4 is 50.4 Å². The average molecular weight is 477 g/mol. The second-order valence-corrected chi connectivity index (χ2v) is 10.0. The van der Waals surface area contributed by atoms with Crippen LogP contribution in [0.3, 0.4) is 0 Å². The lowest BCUT2D eigenvalue weighted by molar-refractivity contribution is 0.669. The van der Waals surface area contributed by atoms with Crippen molar-refractivity contribution in [2.24, 2.45) is 0 Å². The van der Waals surface area contributed by atoms with Gasteiger partial charge in [-0.25, -0.2) is 0 Å². The largest absolute Gasteiger partial charge is 0.456 e. The summed E-state index contributed by atoms with van der Waals surface area (Å²) in [6, 6.07) is 23.6. The third-order valence-corrected chi connectivity index (χ3v) is 8.01. The van der Waals surface area contributed by atoms with Crippen LogP contribution >= 0.6 is 0 Å². The van der Waals surface area contributed by atoms with Gasteiger partial charge in [0.1, 0.15) is 11.2 Å². The van der Waals surface area contributed by atoms with Crippen molar-refractivity contribution in [2.75, 3.05) is 0 Å². The molecule has 4 aromatic carbocycles. The van der Waals surface area contributed by atoms with Gasteiger partial charge in [0, 0.05) is 10.8 Å². The number of benzene rings is 4. The smallest absolute Gasteiger partial charge is 0.135 e. The van der Waals surface area contributed by atoms with Gasteiger partial charge in [0.2, 0.25) is 0 Å². The minimum Gasteiger partial charge on any atom is -0.456 e. The monoisotopic (exact) mass is 476 g/mol. The van der Waals surface area contributed by atoms with E-state index in [-0.39, 0.29) is 0 Å². The summed E-state index contributed by atoms with van der Waals surface area (Å²) in [5.74, 6) is 0. The Morgan fingerprint density at radius 2 is 1.35 bits per heavy atom. The van der Waals surface area contributed by atoms with Gasteiger partial charge in [-0.1, -0.05) is 92.1 Å². The van der Waals surface area contributed by atoms with Gasteiger partial charge < -0.3 is 4.42 Å². The number of rotatable bonds is 4. The van der Waals surface area contributed by atoms with Gasteiger partial charge in [0.25, 0.3) is 0 Å². The number of hydrogen-bond donors (Lipinski definition) is 0. The molecule has 0 atom stereocenters. The molecular weight excluding hydrogens is 448 g/mol. The molecule has 0 fully saturated rings. The molecule has 0 saturated carbocycles. The fourth-order valence-electron chi connectivity index (χ4n) is 6.33. The summed E-state index contributed by atoms with van der Waals surface area (Å²) in [5.41, 5.74) is 12.2. The molecule has 0 aliphatic heterocycles. The van der Waals surface area contributed by atoms with Crippen LogP contribution in [0.15, 0.2) is 114 Å². The maximum atomic E-state index is 6.12. The van der Waals surface area contributed by atoms with Crippen LogP contribution in [0.5, 0.6) is 0 Å². The van der Waals surface area contributed by atoms with Crippen LogP contribution in [-0.4, -0.2) is 0 Å². The van der Waals surface area contributed by atoms with Gasteiger partial charge in [0.15, 0.2) is 0 Å². The lowest BCUT2D eigenvalue weighted by Crippen LogP contribution is -2.04. The van der Waals surface area contributed by atoms with Crippen LogP contribution in [0.2, 0.25) is 0 Å². The second kappa shape index (κ2) is 8.64. The zero-order valence-corrected chi connectivity index (χ0v) is 20.9. The summed E-state index contributed by atoms with van der Waals surface area (Å²) < 4.78 is 6.12. The van der Waals surface area contributed by atoms with E-state index in [0.717, 1.165) is 53.2 Å². The Balaban J connectivity index is 1.53. The van der Waals surface area contributed by atoms with E-state index in [1.807, 2.05) is 24.3 Å². The molecule has 1 heterocycles. The third-order valence-electron chi connectivity index (χ3n) is 8.01. The Kier molecular flexibility index (Phi) is 5.11.